The molecule has 1 heterocycles. The minimum absolute atomic E-state index is 0.00795. The highest BCUT2D eigenvalue weighted by molar-refractivity contribution is 6.42. The van der Waals surface area contributed by atoms with Crippen molar-refractivity contribution in [3.8, 4) is 0 Å². The number of amides is 1. The van der Waals surface area contributed by atoms with Gasteiger partial charge in [-0.15, -0.1) is 0 Å². The van der Waals surface area contributed by atoms with Crippen LogP contribution in [0.4, 0.5) is 0 Å². The van der Waals surface area contributed by atoms with E-state index in [1.165, 1.54) is 12.3 Å². The second-order valence-corrected chi connectivity index (χ2v) is 4.21. The van der Waals surface area contributed by atoms with Gasteiger partial charge in [-0.2, -0.15) is 0 Å². The number of ketones is 1. The Morgan fingerprint density at radius 1 is 1.19 bits per heavy atom. The Kier molecular flexibility index (Phi) is 3.88. The van der Waals surface area contributed by atoms with E-state index in [2.05, 4.69) is 0 Å². The second kappa shape index (κ2) is 4.96. The average molecular weight is 223 g/mol. The summed E-state index contributed by atoms with van der Waals surface area (Å²) >= 11 is 0. The van der Waals surface area contributed by atoms with Crippen molar-refractivity contribution >= 4 is 11.7 Å². The summed E-state index contributed by atoms with van der Waals surface area (Å²) in [6.45, 7) is 7.53. The highest BCUT2D eigenvalue weighted by atomic mass is 16.3. The number of furan rings is 1. The van der Waals surface area contributed by atoms with Crippen LogP contribution in [-0.2, 0) is 4.79 Å². The van der Waals surface area contributed by atoms with Gasteiger partial charge in [0.05, 0.1) is 6.26 Å². The first-order chi connectivity index (χ1) is 7.45. The Balaban J connectivity index is 2.88. The summed E-state index contributed by atoms with van der Waals surface area (Å²) in [7, 11) is 0. The number of hydrogen-bond donors (Lipinski definition) is 0. The molecule has 0 aromatic carbocycles. The van der Waals surface area contributed by atoms with Crippen LogP contribution in [0.3, 0.4) is 0 Å². The Morgan fingerprint density at radius 3 is 2.12 bits per heavy atom. The van der Waals surface area contributed by atoms with Crippen LogP contribution in [0.5, 0.6) is 0 Å². The van der Waals surface area contributed by atoms with Crippen LogP contribution in [0, 0.1) is 0 Å². The van der Waals surface area contributed by atoms with Gasteiger partial charge in [0, 0.05) is 12.1 Å². The van der Waals surface area contributed by atoms with Gasteiger partial charge in [-0.3, -0.25) is 9.59 Å². The molecule has 0 radical (unpaired) electrons. The molecule has 16 heavy (non-hydrogen) atoms. The zero-order chi connectivity index (χ0) is 12.3. The van der Waals surface area contributed by atoms with Crippen molar-refractivity contribution in [2.75, 3.05) is 0 Å². The van der Waals surface area contributed by atoms with Crippen LogP contribution in [0.2, 0.25) is 0 Å². The first-order valence-corrected chi connectivity index (χ1v) is 5.35. The topological polar surface area (TPSA) is 50.5 Å². The molecule has 4 heteroatoms. The molecule has 0 bridgehead atoms. The number of hydrogen-bond acceptors (Lipinski definition) is 3. The quantitative estimate of drug-likeness (QED) is 0.580. The lowest BCUT2D eigenvalue weighted by Crippen LogP contribution is -2.45. The zero-order valence-electron chi connectivity index (χ0n) is 10.1. The van der Waals surface area contributed by atoms with Crippen LogP contribution in [0.15, 0.2) is 22.8 Å². The summed E-state index contributed by atoms with van der Waals surface area (Å²) < 4.78 is 4.93. The molecule has 1 aromatic rings. The SMILES string of the molecule is CC(C)N(C(=O)C(=O)c1ccco1)C(C)C. The van der Waals surface area contributed by atoms with E-state index in [-0.39, 0.29) is 17.8 Å². The molecular formula is C12H17NO3. The van der Waals surface area contributed by atoms with Gasteiger partial charge in [0.1, 0.15) is 0 Å². The molecule has 0 spiro atoms. The summed E-state index contributed by atoms with van der Waals surface area (Å²) in [6, 6.07) is 3.08. The zero-order valence-corrected chi connectivity index (χ0v) is 10.1. The van der Waals surface area contributed by atoms with Crippen molar-refractivity contribution in [1.82, 2.24) is 4.90 Å². The summed E-state index contributed by atoms with van der Waals surface area (Å²) in [6.07, 6.45) is 1.38. The molecule has 0 N–H and O–H groups in total. The molecule has 1 aromatic heterocycles. The molecule has 0 aliphatic heterocycles. The van der Waals surface area contributed by atoms with Crippen LogP contribution >= 0.6 is 0 Å². The van der Waals surface area contributed by atoms with Gasteiger partial charge in [-0.25, -0.2) is 0 Å². The van der Waals surface area contributed by atoms with Gasteiger partial charge >= 0.3 is 0 Å². The number of Topliss-reactive ketones (excluding diaryl/α,β-unsaturated/α-hetero) is 1. The number of carbonyl (C=O) groups excluding carboxylic acids is 2. The van der Waals surface area contributed by atoms with Crippen molar-refractivity contribution in [1.29, 1.82) is 0 Å². The maximum Gasteiger partial charge on any atom is 0.298 e. The number of carbonyl (C=O) groups is 2. The summed E-state index contributed by atoms with van der Waals surface area (Å²) in [5, 5.41) is 0. The van der Waals surface area contributed by atoms with Gasteiger partial charge in [0.15, 0.2) is 5.76 Å². The van der Waals surface area contributed by atoms with Crippen LogP contribution < -0.4 is 0 Å². The molecule has 0 aliphatic carbocycles. The van der Waals surface area contributed by atoms with Crippen molar-refractivity contribution < 1.29 is 14.0 Å². The van der Waals surface area contributed by atoms with Crippen molar-refractivity contribution in [3.63, 3.8) is 0 Å². The molecule has 0 atom stereocenters. The maximum absolute atomic E-state index is 11.9. The van der Waals surface area contributed by atoms with Crippen molar-refractivity contribution in [3.05, 3.63) is 24.2 Å². The molecule has 88 valence electrons. The van der Waals surface area contributed by atoms with Gasteiger partial charge in [-0.1, -0.05) is 0 Å². The summed E-state index contributed by atoms with van der Waals surface area (Å²) in [4.78, 5) is 25.3. The van der Waals surface area contributed by atoms with Crippen molar-refractivity contribution in [2.24, 2.45) is 0 Å². The molecule has 0 fully saturated rings. The minimum Gasteiger partial charge on any atom is -0.461 e. The molecule has 4 nitrogen and oxygen atoms in total. The third-order valence-electron chi connectivity index (χ3n) is 2.29. The van der Waals surface area contributed by atoms with Gasteiger partial charge < -0.3 is 9.32 Å². The number of rotatable bonds is 4. The normalized spacial score (nSPS) is 10.9. The Bertz CT molecular complexity index is 358. The predicted molar refractivity (Wildman–Crippen MR) is 60.2 cm³/mol. The van der Waals surface area contributed by atoms with E-state index >= 15 is 0 Å². The molecule has 0 aliphatic rings. The maximum atomic E-state index is 11.9. The van der Waals surface area contributed by atoms with E-state index in [4.69, 9.17) is 4.42 Å². The first-order valence-electron chi connectivity index (χ1n) is 5.35. The Labute approximate surface area is 95.2 Å². The van der Waals surface area contributed by atoms with Gasteiger partial charge in [0.25, 0.3) is 11.7 Å². The van der Waals surface area contributed by atoms with Gasteiger partial charge in [0.2, 0.25) is 0 Å². The third kappa shape index (κ3) is 2.51. The summed E-state index contributed by atoms with van der Waals surface area (Å²) in [5.41, 5.74) is 0. The van der Waals surface area contributed by atoms with E-state index in [0.717, 1.165) is 0 Å². The lowest BCUT2D eigenvalue weighted by molar-refractivity contribution is -0.129. The fourth-order valence-electron chi connectivity index (χ4n) is 1.70. The molecule has 1 amide bonds. The predicted octanol–water partition coefficient (Wildman–Crippen LogP) is 2.11. The summed E-state index contributed by atoms with van der Waals surface area (Å²) in [5.74, 6) is -1.01. The van der Waals surface area contributed by atoms with E-state index in [1.807, 2.05) is 27.7 Å². The number of nitrogens with zero attached hydrogens (tertiary/aromatic N) is 1. The van der Waals surface area contributed by atoms with Crippen LogP contribution in [-0.4, -0.2) is 28.7 Å². The van der Waals surface area contributed by atoms with Gasteiger partial charge in [-0.05, 0) is 39.8 Å². The van der Waals surface area contributed by atoms with E-state index in [0.29, 0.717) is 0 Å². The molecule has 1 rings (SSSR count). The van der Waals surface area contributed by atoms with E-state index in [9.17, 15) is 9.59 Å². The third-order valence-corrected chi connectivity index (χ3v) is 2.29. The molecule has 0 unspecified atom stereocenters. The lowest BCUT2D eigenvalue weighted by Gasteiger charge is -2.29. The van der Waals surface area contributed by atoms with E-state index in [1.54, 1.807) is 11.0 Å². The highest BCUT2D eigenvalue weighted by Crippen LogP contribution is 2.10. The lowest BCUT2D eigenvalue weighted by atomic mass is 10.2. The molecule has 0 saturated heterocycles. The molecular weight excluding hydrogens is 206 g/mol. The van der Waals surface area contributed by atoms with Crippen LogP contribution in [0.1, 0.15) is 38.2 Å². The first kappa shape index (κ1) is 12.5. The van der Waals surface area contributed by atoms with Crippen LogP contribution in [0.25, 0.3) is 0 Å². The fraction of sp³-hybridized carbons (Fsp3) is 0.500. The Morgan fingerprint density at radius 2 is 1.75 bits per heavy atom. The van der Waals surface area contributed by atoms with Crippen molar-refractivity contribution in [2.45, 2.75) is 39.8 Å². The second-order valence-electron chi connectivity index (χ2n) is 4.21. The fourth-order valence-corrected chi connectivity index (χ4v) is 1.70. The smallest absolute Gasteiger partial charge is 0.298 e. The monoisotopic (exact) mass is 223 g/mol. The standard InChI is InChI=1S/C12H17NO3/c1-8(2)13(9(3)4)12(15)11(14)10-6-5-7-16-10/h5-9H,1-4H3. The van der Waals surface area contributed by atoms with E-state index < -0.39 is 11.7 Å². The highest BCUT2D eigenvalue weighted by Gasteiger charge is 2.28. The average Bonchev–Trinajstić information content (AvgIpc) is 2.67. The Hall–Kier alpha value is -1.58. The minimum atomic E-state index is -0.590. The largest absolute Gasteiger partial charge is 0.461 e. The molecule has 0 saturated carbocycles.